The van der Waals surface area contributed by atoms with Gasteiger partial charge in [-0.25, -0.2) is 4.98 Å². The Kier molecular flexibility index (Phi) is 4.50. The van der Waals surface area contributed by atoms with Crippen LogP contribution in [0.3, 0.4) is 0 Å². The van der Waals surface area contributed by atoms with E-state index in [-0.39, 0.29) is 6.04 Å². The molecule has 1 atom stereocenters. The van der Waals surface area contributed by atoms with Crippen LogP contribution >= 0.6 is 0 Å². The number of oxazole rings is 1. The largest absolute Gasteiger partial charge is 0.439 e. The number of aryl methyl sites for hydroxylation is 1. The lowest BCUT2D eigenvalue weighted by Gasteiger charge is -2.36. The van der Waals surface area contributed by atoms with Gasteiger partial charge in [0.2, 0.25) is 11.8 Å². The van der Waals surface area contributed by atoms with Gasteiger partial charge in [0.15, 0.2) is 11.4 Å². The van der Waals surface area contributed by atoms with Crippen molar-refractivity contribution in [3.8, 4) is 0 Å². The molecule has 2 aromatic heterocycles. The van der Waals surface area contributed by atoms with Gasteiger partial charge in [-0.05, 0) is 19.1 Å². The van der Waals surface area contributed by atoms with E-state index in [0.29, 0.717) is 5.89 Å². The standard InChI is InChI=1S/C18H23N5O2/c1-3-16-20-18(25-21-16)13(2)23-10-8-22(9-11-23)12-17-19-14-6-4-5-7-15(14)24-17/h4-7,13H,3,8-12H2,1-2H3. The SMILES string of the molecule is CCc1noc(C(C)N2CCN(Cc3nc4ccccc4o3)CC2)n1. The van der Waals surface area contributed by atoms with Gasteiger partial charge in [-0.15, -0.1) is 0 Å². The highest BCUT2D eigenvalue weighted by Crippen LogP contribution is 2.21. The van der Waals surface area contributed by atoms with Gasteiger partial charge in [0.1, 0.15) is 5.52 Å². The minimum absolute atomic E-state index is 0.152. The molecule has 1 aliphatic heterocycles. The maximum absolute atomic E-state index is 5.83. The van der Waals surface area contributed by atoms with Crippen molar-refractivity contribution in [3.05, 3.63) is 41.9 Å². The van der Waals surface area contributed by atoms with Gasteiger partial charge in [-0.3, -0.25) is 9.80 Å². The van der Waals surface area contributed by atoms with Crippen molar-refractivity contribution in [2.45, 2.75) is 32.9 Å². The van der Waals surface area contributed by atoms with Crippen molar-refractivity contribution in [1.29, 1.82) is 0 Å². The summed E-state index contributed by atoms with van der Waals surface area (Å²) in [6, 6.07) is 8.05. The van der Waals surface area contributed by atoms with Crippen LogP contribution in [0.5, 0.6) is 0 Å². The highest BCUT2D eigenvalue weighted by molar-refractivity contribution is 5.72. The molecule has 0 amide bonds. The second-order valence-corrected chi connectivity index (χ2v) is 6.47. The van der Waals surface area contributed by atoms with Crippen LogP contribution in [0.15, 0.2) is 33.2 Å². The van der Waals surface area contributed by atoms with Crippen LogP contribution in [0.1, 0.15) is 37.5 Å². The summed E-state index contributed by atoms with van der Waals surface area (Å²) in [6.45, 7) is 8.77. The minimum Gasteiger partial charge on any atom is -0.439 e. The molecule has 1 aliphatic rings. The average Bonchev–Trinajstić information content (AvgIpc) is 3.28. The molecule has 0 spiro atoms. The lowest BCUT2D eigenvalue weighted by molar-refractivity contribution is 0.0801. The van der Waals surface area contributed by atoms with Gasteiger partial charge in [-0.2, -0.15) is 4.98 Å². The molecule has 25 heavy (non-hydrogen) atoms. The fraction of sp³-hybridized carbons (Fsp3) is 0.500. The van der Waals surface area contributed by atoms with Crippen LogP contribution < -0.4 is 0 Å². The fourth-order valence-electron chi connectivity index (χ4n) is 3.22. The Morgan fingerprint density at radius 2 is 1.92 bits per heavy atom. The van der Waals surface area contributed by atoms with Crippen molar-refractivity contribution >= 4 is 11.1 Å². The Morgan fingerprint density at radius 3 is 2.64 bits per heavy atom. The van der Waals surface area contributed by atoms with E-state index in [9.17, 15) is 0 Å². The second-order valence-electron chi connectivity index (χ2n) is 6.47. The summed E-state index contributed by atoms with van der Waals surface area (Å²) in [5.41, 5.74) is 1.78. The molecular formula is C18H23N5O2. The quantitative estimate of drug-likeness (QED) is 0.706. The molecule has 7 heteroatoms. The zero-order valence-electron chi connectivity index (χ0n) is 14.7. The minimum atomic E-state index is 0.152. The third kappa shape index (κ3) is 3.43. The predicted octanol–water partition coefficient (Wildman–Crippen LogP) is 2.65. The van der Waals surface area contributed by atoms with Crippen LogP contribution in [0.25, 0.3) is 11.1 Å². The molecule has 1 saturated heterocycles. The van der Waals surface area contributed by atoms with Gasteiger partial charge >= 0.3 is 0 Å². The third-order valence-electron chi connectivity index (χ3n) is 4.81. The van der Waals surface area contributed by atoms with Crippen LogP contribution in [0, 0.1) is 0 Å². The molecule has 0 bridgehead atoms. The molecule has 0 saturated carbocycles. The van der Waals surface area contributed by atoms with Crippen LogP contribution in [-0.2, 0) is 13.0 Å². The first kappa shape index (κ1) is 16.2. The van der Waals surface area contributed by atoms with Crippen molar-refractivity contribution in [2.75, 3.05) is 26.2 Å². The van der Waals surface area contributed by atoms with E-state index in [4.69, 9.17) is 8.94 Å². The van der Waals surface area contributed by atoms with Crippen LogP contribution in [0.4, 0.5) is 0 Å². The highest BCUT2D eigenvalue weighted by atomic mass is 16.5. The first-order valence-corrected chi connectivity index (χ1v) is 8.86. The van der Waals surface area contributed by atoms with Gasteiger partial charge in [0, 0.05) is 32.6 Å². The zero-order valence-corrected chi connectivity index (χ0v) is 14.7. The fourth-order valence-corrected chi connectivity index (χ4v) is 3.22. The summed E-state index contributed by atoms with van der Waals surface area (Å²) >= 11 is 0. The molecule has 1 aromatic carbocycles. The second kappa shape index (κ2) is 6.93. The lowest BCUT2D eigenvalue weighted by Crippen LogP contribution is -2.46. The smallest absolute Gasteiger partial charge is 0.243 e. The molecular weight excluding hydrogens is 318 g/mol. The van der Waals surface area contributed by atoms with Crippen molar-refractivity contribution in [2.24, 2.45) is 0 Å². The van der Waals surface area contributed by atoms with Gasteiger partial charge < -0.3 is 8.94 Å². The summed E-state index contributed by atoms with van der Waals surface area (Å²) in [7, 11) is 0. The van der Waals surface area contributed by atoms with E-state index in [1.54, 1.807) is 0 Å². The molecule has 3 heterocycles. The zero-order chi connectivity index (χ0) is 17.2. The topological polar surface area (TPSA) is 71.4 Å². The van der Waals surface area contributed by atoms with Crippen LogP contribution in [-0.4, -0.2) is 51.1 Å². The van der Waals surface area contributed by atoms with E-state index in [0.717, 1.165) is 62.0 Å². The summed E-state index contributed by atoms with van der Waals surface area (Å²) < 4.78 is 11.2. The monoisotopic (exact) mass is 341 g/mol. The first-order valence-electron chi connectivity index (χ1n) is 8.86. The van der Waals surface area contributed by atoms with Crippen LogP contribution in [0.2, 0.25) is 0 Å². The Bertz CT molecular complexity index is 802. The lowest BCUT2D eigenvalue weighted by atomic mass is 10.2. The molecule has 132 valence electrons. The van der Waals surface area contributed by atoms with E-state index in [1.807, 2.05) is 31.2 Å². The number of fused-ring (bicyclic) bond motifs is 1. The number of nitrogens with zero attached hydrogens (tertiary/aromatic N) is 5. The molecule has 0 N–H and O–H groups in total. The van der Waals surface area contributed by atoms with Crippen molar-refractivity contribution in [1.82, 2.24) is 24.9 Å². The molecule has 4 rings (SSSR count). The molecule has 7 nitrogen and oxygen atoms in total. The molecule has 0 radical (unpaired) electrons. The van der Waals surface area contributed by atoms with Gasteiger partial charge in [-0.1, -0.05) is 24.2 Å². The summed E-state index contributed by atoms with van der Waals surface area (Å²) in [4.78, 5) is 13.8. The normalized spacial score (nSPS) is 18.0. The number of aromatic nitrogens is 3. The van der Waals surface area contributed by atoms with E-state index in [2.05, 4.69) is 31.8 Å². The summed E-state index contributed by atoms with van der Waals surface area (Å²) in [6.07, 6.45) is 0.800. The number of para-hydroxylation sites is 2. The summed E-state index contributed by atoms with van der Waals surface area (Å²) in [5, 5.41) is 4.00. The van der Waals surface area contributed by atoms with Gasteiger partial charge in [0.05, 0.1) is 12.6 Å². The van der Waals surface area contributed by atoms with E-state index >= 15 is 0 Å². The third-order valence-corrected chi connectivity index (χ3v) is 4.81. The number of hydrogen-bond acceptors (Lipinski definition) is 7. The number of piperazine rings is 1. The maximum Gasteiger partial charge on any atom is 0.243 e. The molecule has 3 aromatic rings. The van der Waals surface area contributed by atoms with E-state index in [1.165, 1.54) is 0 Å². The Balaban J connectivity index is 1.34. The molecule has 0 aliphatic carbocycles. The number of hydrogen-bond donors (Lipinski definition) is 0. The average molecular weight is 341 g/mol. The maximum atomic E-state index is 5.83. The Labute approximate surface area is 146 Å². The highest BCUT2D eigenvalue weighted by Gasteiger charge is 2.26. The van der Waals surface area contributed by atoms with Crippen molar-refractivity contribution in [3.63, 3.8) is 0 Å². The Morgan fingerprint density at radius 1 is 1.12 bits per heavy atom. The molecule has 1 fully saturated rings. The Hall–Kier alpha value is -2.25. The molecule has 1 unspecified atom stereocenters. The number of benzene rings is 1. The first-order chi connectivity index (χ1) is 12.2. The predicted molar refractivity (Wildman–Crippen MR) is 93.0 cm³/mol. The summed E-state index contributed by atoms with van der Waals surface area (Å²) in [5.74, 6) is 2.27. The van der Waals surface area contributed by atoms with E-state index < -0.39 is 0 Å². The van der Waals surface area contributed by atoms with Crippen molar-refractivity contribution < 1.29 is 8.94 Å². The van der Waals surface area contributed by atoms with Gasteiger partial charge in [0.25, 0.3) is 0 Å². The number of rotatable bonds is 5.